The number of allylic oxidation sites excluding steroid dienone is 1. The van der Waals surface area contributed by atoms with E-state index in [2.05, 4.69) is 187 Å². The molecule has 0 aliphatic carbocycles. The van der Waals surface area contributed by atoms with Crippen LogP contribution in [0.1, 0.15) is 18.1 Å². The van der Waals surface area contributed by atoms with Gasteiger partial charge >= 0.3 is 0 Å². The summed E-state index contributed by atoms with van der Waals surface area (Å²) in [6, 6.07) is 58.3. The van der Waals surface area contributed by atoms with E-state index in [1.54, 1.807) is 0 Å². The number of aliphatic imine (C=N–C) groups is 1. The molecule has 0 atom stereocenters. The lowest BCUT2D eigenvalue weighted by molar-refractivity contribution is 1.38. The van der Waals surface area contributed by atoms with Gasteiger partial charge in [-0.3, -0.25) is 9.98 Å². The third-order valence-corrected chi connectivity index (χ3v) is 11.5. The lowest BCUT2D eigenvalue weighted by Gasteiger charge is -2.16. The van der Waals surface area contributed by atoms with E-state index < -0.39 is 0 Å². The van der Waals surface area contributed by atoms with Gasteiger partial charge in [0.15, 0.2) is 0 Å². The van der Waals surface area contributed by atoms with Gasteiger partial charge in [0.2, 0.25) is 0 Å². The molecule has 8 aromatic carbocycles. The highest BCUT2D eigenvalue weighted by atomic mass is 14.8. The Morgan fingerprint density at radius 3 is 1.98 bits per heavy atom. The highest BCUT2D eigenvalue weighted by molar-refractivity contribution is 6.26. The molecule has 3 aromatic heterocycles. The number of aromatic nitrogens is 3. The van der Waals surface area contributed by atoms with E-state index in [0.29, 0.717) is 0 Å². The molecular weight excluding hydrogens is 693 g/mol. The van der Waals surface area contributed by atoms with Crippen molar-refractivity contribution in [1.82, 2.24) is 15.0 Å². The fourth-order valence-electron chi connectivity index (χ4n) is 8.88. The van der Waals surface area contributed by atoms with Gasteiger partial charge in [-0.15, -0.1) is 0 Å². The summed E-state index contributed by atoms with van der Waals surface area (Å²) in [5.41, 5.74) is 12.0. The van der Waals surface area contributed by atoms with Crippen molar-refractivity contribution in [3.05, 3.63) is 187 Å². The zero-order valence-electron chi connectivity index (χ0n) is 31.2. The van der Waals surface area contributed by atoms with Crippen molar-refractivity contribution in [2.75, 3.05) is 0 Å². The number of hydrogen-bond donors (Lipinski definition) is 0. The van der Waals surface area contributed by atoms with E-state index >= 15 is 0 Å². The van der Waals surface area contributed by atoms with Crippen molar-refractivity contribution >= 4 is 93.9 Å². The van der Waals surface area contributed by atoms with Crippen LogP contribution in [0.4, 0.5) is 5.69 Å². The first kappa shape index (κ1) is 32.8. The second-order valence-corrected chi connectivity index (χ2v) is 14.6. The maximum absolute atomic E-state index is 5.38. The zero-order chi connectivity index (χ0) is 38.0. The Hall–Kier alpha value is -7.56. The summed E-state index contributed by atoms with van der Waals surface area (Å²) in [7, 11) is 0. The molecule has 266 valence electrons. The SMILES string of the molecule is C=Nc1c(/C(=C\C)c2ccc3c4ccc(-c5ccc6ccc7c(-c8ccccc8)c8ccccc8nc7c6n5)cc4c4ccccc4c3c2)ccc2cccnc12. The number of rotatable bonds is 5. The number of para-hydroxylation sites is 1. The Morgan fingerprint density at radius 1 is 0.509 bits per heavy atom. The van der Waals surface area contributed by atoms with Crippen LogP contribution in [0.2, 0.25) is 0 Å². The molecule has 0 saturated heterocycles. The van der Waals surface area contributed by atoms with Crippen LogP contribution in [0.25, 0.3) is 104 Å². The molecule has 11 aromatic rings. The average Bonchev–Trinajstić information content (AvgIpc) is 3.28. The van der Waals surface area contributed by atoms with Crippen LogP contribution >= 0.6 is 0 Å². The minimum atomic E-state index is 0.799. The number of pyridine rings is 3. The molecule has 3 heterocycles. The van der Waals surface area contributed by atoms with Gasteiger partial charge in [-0.25, -0.2) is 9.97 Å². The van der Waals surface area contributed by atoms with E-state index in [-0.39, 0.29) is 0 Å². The summed E-state index contributed by atoms with van der Waals surface area (Å²) in [5.74, 6) is 0. The molecule has 0 aliphatic rings. The Balaban J connectivity index is 1.08. The lowest BCUT2D eigenvalue weighted by Crippen LogP contribution is -1.93. The minimum absolute atomic E-state index is 0.799. The molecule has 0 unspecified atom stereocenters. The van der Waals surface area contributed by atoms with Crippen molar-refractivity contribution in [2.45, 2.75) is 6.92 Å². The normalized spacial score (nSPS) is 12.1. The monoisotopic (exact) mass is 726 g/mol. The van der Waals surface area contributed by atoms with Crippen molar-refractivity contribution in [1.29, 1.82) is 0 Å². The standard InChI is InChI=1S/C53H34N4/c1-3-37(42-26-19-33-14-11-29-55-50(33)52(42)54-2)35-21-24-40-41-25-22-36(31-46(41)39-16-8-7-15-38(39)45(40)30-35)47-28-23-34-20-27-44-49(32-12-5-4-6-13-32)43-17-9-10-18-48(43)57-53(44)51(34)56-47/h3-31H,2H2,1H3/b37-3-. The van der Waals surface area contributed by atoms with Gasteiger partial charge in [-0.1, -0.05) is 140 Å². The third-order valence-electron chi connectivity index (χ3n) is 11.5. The van der Waals surface area contributed by atoms with Gasteiger partial charge in [-0.05, 0) is 93.0 Å². The van der Waals surface area contributed by atoms with Crippen LogP contribution in [0.3, 0.4) is 0 Å². The van der Waals surface area contributed by atoms with Crippen molar-refractivity contribution in [2.24, 2.45) is 4.99 Å². The van der Waals surface area contributed by atoms with Crippen LogP contribution < -0.4 is 0 Å². The molecular formula is C53H34N4. The average molecular weight is 727 g/mol. The van der Waals surface area contributed by atoms with Gasteiger partial charge < -0.3 is 0 Å². The topological polar surface area (TPSA) is 51.0 Å². The van der Waals surface area contributed by atoms with Gasteiger partial charge in [0, 0.05) is 44.4 Å². The Morgan fingerprint density at radius 2 is 1.18 bits per heavy atom. The molecule has 0 amide bonds. The van der Waals surface area contributed by atoms with Gasteiger partial charge in [0.25, 0.3) is 0 Å². The van der Waals surface area contributed by atoms with E-state index in [0.717, 1.165) is 77.3 Å². The maximum Gasteiger partial charge on any atom is 0.0978 e. The number of nitrogens with zero attached hydrogens (tertiary/aromatic N) is 4. The third kappa shape index (κ3) is 5.15. The van der Waals surface area contributed by atoms with Crippen LogP contribution in [0.15, 0.2) is 181 Å². The summed E-state index contributed by atoms with van der Waals surface area (Å²) < 4.78 is 0. The van der Waals surface area contributed by atoms with Crippen molar-refractivity contribution in [3.8, 4) is 22.4 Å². The second-order valence-electron chi connectivity index (χ2n) is 14.6. The predicted molar refractivity (Wildman–Crippen MR) is 242 cm³/mol. The molecule has 4 nitrogen and oxygen atoms in total. The number of hydrogen-bond acceptors (Lipinski definition) is 4. The second kappa shape index (κ2) is 13.0. The first-order valence-electron chi connectivity index (χ1n) is 19.3. The first-order valence-corrected chi connectivity index (χ1v) is 19.3. The van der Waals surface area contributed by atoms with Crippen molar-refractivity contribution < 1.29 is 0 Å². The number of fused-ring (bicyclic) bond motifs is 11. The molecule has 57 heavy (non-hydrogen) atoms. The maximum atomic E-state index is 5.38. The molecule has 0 N–H and O–H groups in total. The molecule has 0 bridgehead atoms. The fourth-order valence-corrected chi connectivity index (χ4v) is 8.88. The minimum Gasteiger partial charge on any atom is -0.262 e. The molecule has 11 rings (SSSR count). The first-order chi connectivity index (χ1) is 28.2. The molecule has 0 aliphatic heterocycles. The summed E-state index contributed by atoms with van der Waals surface area (Å²) in [6.07, 6.45) is 3.98. The summed E-state index contributed by atoms with van der Waals surface area (Å²) in [6.45, 7) is 6.02. The lowest BCUT2D eigenvalue weighted by atomic mass is 9.89. The van der Waals surface area contributed by atoms with Gasteiger partial charge in [-0.2, -0.15) is 0 Å². The summed E-state index contributed by atoms with van der Waals surface area (Å²) in [5, 5.41) is 11.6. The Labute approximate surface area is 329 Å². The van der Waals surface area contributed by atoms with E-state index in [1.165, 1.54) is 43.4 Å². The zero-order valence-corrected chi connectivity index (χ0v) is 31.2. The highest BCUT2D eigenvalue weighted by Gasteiger charge is 2.18. The Kier molecular flexibility index (Phi) is 7.51. The predicted octanol–water partition coefficient (Wildman–Crippen LogP) is 14.1. The fraction of sp³-hybridized carbons (Fsp3) is 0.0189. The van der Waals surface area contributed by atoms with Crippen LogP contribution in [-0.2, 0) is 0 Å². The highest BCUT2D eigenvalue weighted by Crippen LogP contribution is 2.42. The Bertz CT molecular complexity index is 3470. The van der Waals surface area contributed by atoms with Crippen LogP contribution in [0, 0.1) is 0 Å². The summed E-state index contributed by atoms with van der Waals surface area (Å²) in [4.78, 5) is 19.8. The van der Waals surface area contributed by atoms with Crippen LogP contribution in [0.5, 0.6) is 0 Å². The number of benzene rings is 8. The molecule has 4 heteroatoms. The molecule has 0 spiro atoms. The largest absolute Gasteiger partial charge is 0.262 e. The smallest absolute Gasteiger partial charge is 0.0978 e. The molecule has 0 fully saturated rings. The van der Waals surface area contributed by atoms with Gasteiger partial charge in [0.1, 0.15) is 0 Å². The molecule has 0 saturated carbocycles. The quantitative estimate of drug-likeness (QED) is 0.101. The van der Waals surface area contributed by atoms with Crippen molar-refractivity contribution in [3.63, 3.8) is 0 Å². The van der Waals surface area contributed by atoms with E-state index in [9.17, 15) is 0 Å². The van der Waals surface area contributed by atoms with E-state index in [1.807, 2.05) is 12.3 Å². The van der Waals surface area contributed by atoms with E-state index in [4.69, 9.17) is 9.97 Å². The van der Waals surface area contributed by atoms with Crippen LogP contribution in [-0.4, -0.2) is 21.7 Å². The summed E-state index contributed by atoms with van der Waals surface area (Å²) >= 11 is 0. The van der Waals surface area contributed by atoms with Gasteiger partial charge in [0.05, 0.1) is 33.4 Å². The molecule has 0 radical (unpaired) electrons.